The fraction of sp³-hybridized carbons (Fsp3) is 0.308. The van der Waals surface area contributed by atoms with Gasteiger partial charge in [0.15, 0.2) is 11.9 Å². The van der Waals surface area contributed by atoms with Gasteiger partial charge >= 0.3 is 30.4 Å². The Morgan fingerprint density at radius 2 is 1.21 bits per heavy atom. The van der Waals surface area contributed by atoms with Crippen LogP contribution < -0.4 is 9.90 Å². The molecule has 0 aliphatic carbocycles. The van der Waals surface area contributed by atoms with E-state index in [0.717, 1.165) is 36.4 Å². The molecule has 3 nitrogen and oxygen atoms in total. The number of nitrogens with zero attached hydrogens (tertiary/aromatic N) is 1. The van der Waals surface area contributed by atoms with E-state index in [2.05, 4.69) is 0 Å². The largest absolute Gasteiger partial charge is 0.460 e. The van der Waals surface area contributed by atoms with Crippen LogP contribution in [0.4, 0.5) is 62.8 Å². The molecule has 3 rings (SSSR count). The minimum atomic E-state index is -6.66. The van der Waals surface area contributed by atoms with Gasteiger partial charge in [-0.25, -0.2) is 5.06 Å². The van der Waals surface area contributed by atoms with Crippen LogP contribution >= 0.6 is 0 Å². The number of aliphatic hydroxyl groups is 1. The van der Waals surface area contributed by atoms with Crippen molar-refractivity contribution in [2.24, 2.45) is 0 Å². The number of hydrogen-bond donors (Lipinski definition) is 1. The van der Waals surface area contributed by atoms with Crippen molar-refractivity contribution in [2.45, 2.75) is 42.9 Å². The SMILES string of the molecule is OC(CN(Oc1cccc(C(F)(F)C(F)(F)C(F)(F)F)c1)c1cccc(Cc2cccc(C(F)(F)F)c2)c1)C(F)(F)F. The Balaban J connectivity index is 1.97. The predicted octanol–water partition coefficient (Wildman–Crippen LogP) is 8.31. The van der Waals surface area contributed by atoms with Crippen molar-refractivity contribution < 1.29 is 67.0 Å². The maximum Gasteiger partial charge on any atom is 0.460 e. The van der Waals surface area contributed by atoms with Gasteiger partial charge in [-0.3, -0.25) is 0 Å². The van der Waals surface area contributed by atoms with Gasteiger partial charge in [-0.2, -0.15) is 57.1 Å². The van der Waals surface area contributed by atoms with Crippen LogP contribution in [-0.4, -0.2) is 36.0 Å². The fourth-order valence-corrected chi connectivity index (χ4v) is 3.61. The van der Waals surface area contributed by atoms with Crippen LogP contribution in [0.3, 0.4) is 0 Å². The topological polar surface area (TPSA) is 32.7 Å². The molecule has 3 aromatic carbocycles. The molecule has 0 radical (unpaired) electrons. The third-order valence-corrected chi connectivity index (χ3v) is 5.74. The van der Waals surface area contributed by atoms with Gasteiger partial charge < -0.3 is 9.94 Å². The first-order chi connectivity index (χ1) is 19.1. The van der Waals surface area contributed by atoms with Crippen LogP contribution in [0.15, 0.2) is 72.8 Å². The third-order valence-electron chi connectivity index (χ3n) is 5.74. The molecule has 0 spiro atoms. The van der Waals surface area contributed by atoms with Crippen LogP contribution in [0.2, 0.25) is 0 Å². The molecule has 3 aromatic rings. The van der Waals surface area contributed by atoms with E-state index in [1.54, 1.807) is 0 Å². The molecule has 230 valence electrons. The average molecular weight is 623 g/mol. The van der Waals surface area contributed by atoms with E-state index in [-0.39, 0.29) is 35.4 Å². The Hall–Kier alpha value is -3.69. The van der Waals surface area contributed by atoms with Crippen molar-refractivity contribution >= 4 is 5.69 Å². The molecular weight excluding hydrogens is 605 g/mol. The standard InChI is InChI=1S/C26H18F13NO2/c27-22(28,25(35,36)26(37,38)39)17-6-3-9-20(13-17)42-40(14-21(41)24(32,33)34)19-8-2-5-16(12-19)10-15-4-1-7-18(11-15)23(29,30)31/h1-9,11-13,21,41H,10,14H2. The highest BCUT2D eigenvalue weighted by Gasteiger charge is 2.73. The average Bonchev–Trinajstić information content (AvgIpc) is 2.87. The van der Waals surface area contributed by atoms with Gasteiger partial charge in [0.1, 0.15) is 0 Å². The smallest absolute Gasteiger partial charge is 0.382 e. The summed E-state index contributed by atoms with van der Waals surface area (Å²) in [7, 11) is 0. The van der Waals surface area contributed by atoms with E-state index in [1.165, 1.54) is 18.2 Å². The second kappa shape index (κ2) is 11.5. The van der Waals surface area contributed by atoms with Gasteiger partial charge in [-0.15, -0.1) is 0 Å². The first kappa shape index (κ1) is 32.8. The summed E-state index contributed by atoms with van der Waals surface area (Å²) in [5.41, 5.74) is -2.79. The number of halogens is 13. The molecule has 0 fully saturated rings. The lowest BCUT2D eigenvalue weighted by molar-refractivity contribution is -0.359. The molecule has 0 aliphatic heterocycles. The van der Waals surface area contributed by atoms with Crippen LogP contribution in [0.5, 0.6) is 5.75 Å². The zero-order chi connectivity index (χ0) is 31.7. The normalized spacial score (nSPS) is 14.0. The molecular formula is C26H18F13NO2. The molecule has 0 bridgehead atoms. The zero-order valence-corrected chi connectivity index (χ0v) is 20.6. The second-order valence-electron chi connectivity index (χ2n) is 8.93. The molecule has 42 heavy (non-hydrogen) atoms. The lowest BCUT2D eigenvalue weighted by atomic mass is 10.0. The summed E-state index contributed by atoms with van der Waals surface area (Å²) in [6.07, 6.45) is -19.9. The van der Waals surface area contributed by atoms with Gasteiger partial charge in [-0.1, -0.05) is 42.5 Å². The first-order valence-corrected chi connectivity index (χ1v) is 11.5. The molecule has 0 saturated carbocycles. The quantitative estimate of drug-likeness (QED) is 0.192. The number of aliphatic hydroxyl groups excluding tert-OH is 1. The molecule has 0 aliphatic rings. The highest BCUT2D eigenvalue weighted by Crippen LogP contribution is 2.52. The van der Waals surface area contributed by atoms with E-state index in [0.29, 0.717) is 11.1 Å². The lowest BCUT2D eigenvalue weighted by Crippen LogP contribution is -2.50. The van der Waals surface area contributed by atoms with Gasteiger partial charge in [-0.05, 0) is 47.9 Å². The molecule has 16 heteroatoms. The van der Waals surface area contributed by atoms with Crippen molar-refractivity contribution in [3.05, 3.63) is 95.1 Å². The second-order valence-corrected chi connectivity index (χ2v) is 8.93. The van der Waals surface area contributed by atoms with Gasteiger partial charge in [0.2, 0.25) is 0 Å². The van der Waals surface area contributed by atoms with E-state index in [1.807, 2.05) is 0 Å². The van der Waals surface area contributed by atoms with Gasteiger partial charge in [0.05, 0.1) is 17.8 Å². The van der Waals surface area contributed by atoms with E-state index in [4.69, 9.17) is 4.84 Å². The predicted molar refractivity (Wildman–Crippen MR) is 122 cm³/mol. The number of benzene rings is 3. The summed E-state index contributed by atoms with van der Waals surface area (Å²) < 4.78 is 172. The first-order valence-electron chi connectivity index (χ1n) is 11.5. The number of alkyl halides is 13. The third kappa shape index (κ3) is 7.38. The van der Waals surface area contributed by atoms with Crippen LogP contribution in [0.25, 0.3) is 0 Å². The Labute approximate surface area is 228 Å². The van der Waals surface area contributed by atoms with E-state index in [9.17, 15) is 62.2 Å². The summed E-state index contributed by atoms with van der Waals surface area (Å²) in [5, 5.41) is 9.90. The number of hydrogen-bond acceptors (Lipinski definition) is 3. The Kier molecular flexibility index (Phi) is 9.01. The fourth-order valence-electron chi connectivity index (χ4n) is 3.61. The van der Waals surface area contributed by atoms with Crippen LogP contribution in [-0.2, 0) is 18.5 Å². The van der Waals surface area contributed by atoms with E-state index < -0.39 is 59.9 Å². The molecule has 1 atom stereocenters. The van der Waals surface area contributed by atoms with Gasteiger partial charge in [0, 0.05) is 5.56 Å². The summed E-state index contributed by atoms with van der Waals surface area (Å²) in [5.74, 6) is -13.2. The van der Waals surface area contributed by atoms with Crippen molar-refractivity contribution in [1.29, 1.82) is 0 Å². The Morgan fingerprint density at radius 1 is 0.667 bits per heavy atom. The number of hydroxylamine groups is 1. The highest BCUT2D eigenvalue weighted by atomic mass is 19.4. The van der Waals surface area contributed by atoms with Crippen molar-refractivity contribution in [1.82, 2.24) is 0 Å². The molecule has 0 amide bonds. The minimum absolute atomic E-state index is 0.0547. The van der Waals surface area contributed by atoms with Crippen molar-refractivity contribution in [3.63, 3.8) is 0 Å². The summed E-state index contributed by atoms with van der Waals surface area (Å²) in [6.45, 7) is -1.43. The maximum atomic E-state index is 14.2. The maximum absolute atomic E-state index is 14.2. The number of anilines is 1. The number of rotatable bonds is 9. The van der Waals surface area contributed by atoms with E-state index >= 15 is 0 Å². The van der Waals surface area contributed by atoms with Gasteiger partial charge in [0.25, 0.3) is 0 Å². The Morgan fingerprint density at radius 3 is 1.79 bits per heavy atom. The highest BCUT2D eigenvalue weighted by molar-refractivity contribution is 5.49. The summed E-state index contributed by atoms with van der Waals surface area (Å²) in [6, 6.07) is 10.6. The summed E-state index contributed by atoms with van der Waals surface area (Å²) >= 11 is 0. The zero-order valence-electron chi connectivity index (χ0n) is 20.6. The van der Waals surface area contributed by atoms with Crippen LogP contribution in [0, 0.1) is 0 Å². The molecule has 0 heterocycles. The Bertz CT molecular complexity index is 1370. The van der Waals surface area contributed by atoms with Crippen molar-refractivity contribution in [3.8, 4) is 5.75 Å². The summed E-state index contributed by atoms with van der Waals surface area (Å²) in [4.78, 5) is 5.13. The monoisotopic (exact) mass is 623 g/mol. The molecule has 1 unspecified atom stereocenters. The van der Waals surface area contributed by atoms with Crippen LogP contribution in [0.1, 0.15) is 22.3 Å². The minimum Gasteiger partial charge on any atom is -0.382 e. The molecule has 1 N–H and O–H groups in total. The lowest BCUT2D eigenvalue weighted by Gasteiger charge is -2.30. The molecule has 0 aromatic heterocycles. The molecule has 0 saturated heterocycles. The van der Waals surface area contributed by atoms with Crippen molar-refractivity contribution in [2.75, 3.05) is 11.6 Å².